The summed E-state index contributed by atoms with van der Waals surface area (Å²) in [6.07, 6.45) is 0. The number of halogens is 1. The summed E-state index contributed by atoms with van der Waals surface area (Å²) in [7, 11) is 0. The van der Waals surface area contributed by atoms with Crippen LogP contribution in [-0.2, 0) is 0 Å². The molecule has 0 atom stereocenters. The molecule has 0 saturated carbocycles. The summed E-state index contributed by atoms with van der Waals surface area (Å²) >= 11 is 3.37. The van der Waals surface area contributed by atoms with E-state index in [1.54, 1.807) is 24.3 Å². The molecule has 1 amide bonds. The number of rotatable bonds is 7. The lowest BCUT2D eigenvalue weighted by atomic mass is 10.2. The molecule has 0 aromatic heterocycles. The molecule has 1 N–H and O–H groups in total. The first-order valence-electron chi connectivity index (χ1n) is 8.18. The number of hydrogen-bond donors (Lipinski definition) is 1. The van der Waals surface area contributed by atoms with Crippen molar-refractivity contribution in [1.82, 2.24) is 0 Å². The van der Waals surface area contributed by atoms with E-state index in [1.807, 2.05) is 54.6 Å². The van der Waals surface area contributed by atoms with Crippen molar-refractivity contribution in [3.05, 3.63) is 88.9 Å². The van der Waals surface area contributed by atoms with Crippen molar-refractivity contribution in [2.45, 2.75) is 0 Å². The Morgan fingerprint density at radius 3 is 1.96 bits per heavy atom. The quantitative estimate of drug-likeness (QED) is 0.546. The Morgan fingerprint density at radius 1 is 0.769 bits per heavy atom. The molecule has 0 aliphatic heterocycles. The predicted molar refractivity (Wildman–Crippen MR) is 106 cm³/mol. The van der Waals surface area contributed by atoms with Gasteiger partial charge in [0.2, 0.25) is 0 Å². The first kappa shape index (κ1) is 18.0. The lowest BCUT2D eigenvalue weighted by Gasteiger charge is -2.09. The number of ether oxygens (including phenoxy) is 2. The van der Waals surface area contributed by atoms with Crippen LogP contribution in [0.5, 0.6) is 11.5 Å². The molecule has 0 unspecified atom stereocenters. The summed E-state index contributed by atoms with van der Waals surface area (Å²) in [6, 6.07) is 24.1. The van der Waals surface area contributed by atoms with Crippen LogP contribution in [0.3, 0.4) is 0 Å². The second kappa shape index (κ2) is 9.06. The summed E-state index contributed by atoms with van der Waals surface area (Å²) in [4.78, 5) is 12.2. The molecule has 3 aromatic carbocycles. The standard InChI is InChI=1S/C21H18BrNO3/c22-17-8-10-18(11-9-17)23-21(24)16-6-12-20(13-7-16)26-15-14-25-19-4-2-1-3-5-19/h1-13H,14-15H2,(H,23,24). The highest BCUT2D eigenvalue weighted by Crippen LogP contribution is 2.17. The highest BCUT2D eigenvalue weighted by Gasteiger charge is 2.06. The summed E-state index contributed by atoms with van der Waals surface area (Å²) < 4.78 is 12.2. The maximum absolute atomic E-state index is 12.2. The fraction of sp³-hybridized carbons (Fsp3) is 0.0952. The van der Waals surface area contributed by atoms with Gasteiger partial charge < -0.3 is 14.8 Å². The highest BCUT2D eigenvalue weighted by molar-refractivity contribution is 9.10. The molecule has 3 aromatic rings. The van der Waals surface area contributed by atoms with E-state index in [2.05, 4.69) is 21.2 Å². The summed E-state index contributed by atoms with van der Waals surface area (Å²) in [5, 5.41) is 2.85. The van der Waals surface area contributed by atoms with E-state index in [1.165, 1.54) is 0 Å². The molecule has 3 rings (SSSR count). The van der Waals surface area contributed by atoms with Gasteiger partial charge in [0.25, 0.3) is 5.91 Å². The second-order valence-corrected chi connectivity index (χ2v) is 6.41. The third-order valence-corrected chi connectivity index (χ3v) is 4.11. The Hall–Kier alpha value is -2.79. The van der Waals surface area contributed by atoms with Gasteiger partial charge in [-0.2, -0.15) is 0 Å². The van der Waals surface area contributed by atoms with Crippen molar-refractivity contribution in [2.24, 2.45) is 0 Å². The van der Waals surface area contributed by atoms with Gasteiger partial charge in [-0.15, -0.1) is 0 Å². The zero-order valence-electron chi connectivity index (χ0n) is 14.0. The minimum atomic E-state index is -0.161. The van der Waals surface area contributed by atoms with Gasteiger partial charge in [-0.25, -0.2) is 0 Å². The number of carbonyl (C=O) groups is 1. The van der Waals surface area contributed by atoms with Crippen molar-refractivity contribution in [1.29, 1.82) is 0 Å². The molecule has 0 saturated heterocycles. The van der Waals surface area contributed by atoms with Crippen LogP contribution >= 0.6 is 15.9 Å². The molecule has 0 radical (unpaired) electrons. The lowest BCUT2D eigenvalue weighted by Crippen LogP contribution is -2.12. The minimum absolute atomic E-state index is 0.161. The highest BCUT2D eigenvalue weighted by atomic mass is 79.9. The zero-order chi connectivity index (χ0) is 18.2. The van der Waals surface area contributed by atoms with Crippen LogP contribution < -0.4 is 14.8 Å². The fourth-order valence-electron chi connectivity index (χ4n) is 2.27. The van der Waals surface area contributed by atoms with Crippen molar-refractivity contribution in [2.75, 3.05) is 18.5 Å². The van der Waals surface area contributed by atoms with E-state index < -0.39 is 0 Å². The predicted octanol–water partition coefficient (Wildman–Crippen LogP) is 5.16. The number of amides is 1. The molecular formula is C21H18BrNO3. The molecule has 132 valence electrons. The molecule has 0 bridgehead atoms. The fourth-order valence-corrected chi connectivity index (χ4v) is 2.54. The van der Waals surface area contributed by atoms with Gasteiger partial charge >= 0.3 is 0 Å². The number of nitrogens with one attached hydrogen (secondary N) is 1. The Labute approximate surface area is 160 Å². The second-order valence-electron chi connectivity index (χ2n) is 5.50. The van der Waals surface area contributed by atoms with Gasteiger partial charge in [-0.1, -0.05) is 34.1 Å². The number of para-hydroxylation sites is 1. The monoisotopic (exact) mass is 411 g/mol. The molecule has 0 aliphatic rings. The minimum Gasteiger partial charge on any atom is -0.490 e. The van der Waals surface area contributed by atoms with Gasteiger partial charge in [0, 0.05) is 15.7 Å². The largest absolute Gasteiger partial charge is 0.490 e. The Morgan fingerprint density at radius 2 is 1.35 bits per heavy atom. The summed E-state index contributed by atoms with van der Waals surface area (Å²) in [5.74, 6) is 1.35. The molecule has 0 spiro atoms. The summed E-state index contributed by atoms with van der Waals surface area (Å²) in [6.45, 7) is 0.884. The average Bonchev–Trinajstić information content (AvgIpc) is 2.68. The normalized spacial score (nSPS) is 10.2. The first-order valence-corrected chi connectivity index (χ1v) is 8.98. The average molecular weight is 412 g/mol. The molecule has 0 aliphatic carbocycles. The van der Waals surface area contributed by atoms with Crippen LogP contribution in [0.15, 0.2) is 83.3 Å². The van der Waals surface area contributed by atoms with Gasteiger partial charge in [0.15, 0.2) is 0 Å². The Balaban J connectivity index is 1.46. The molecule has 4 nitrogen and oxygen atoms in total. The maximum atomic E-state index is 12.2. The Kier molecular flexibility index (Phi) is 6.28. The van der Waals surface area contributed by atoms with Gasteiger partial charge in [0.05, 0.1) is 0 Å². The molecule has 5 heteroatoms. The summed E-state index contributed by atoms with van der Waals surface area (Å²) in [5.41, 5.74) is 1.32. The van der Waals surface area contributed by atoms with Crippen molar-refractivity contribution in [3.8, 4) is 11.5 Å². The number of hydrogen-bond acceptors (Lipinski definition) is 3. The SMILES string of the molecule is O=C(Nc1ccc(Br)cc1)c1ccc(OCCOc2ccccc2)cc1. The molecule has 26 heavy (non-hydrogen) atoms. The van der Waals surface area contributed by atoms with Gasteiger partial charge in [-0.05, 0) is 60.7 Å². The molecular weight excluding hydrogens is 394 g/mol. The maximum Gasteiger partial charge on any atom is 0.255 e. The van der Waals surface area contributed by atoms with Gasteiger partial charge in [-0.3, -0.25) is 4.79 Å². The van der Waals surface area contributed by atoms with Crippen LogP contribution in [0.25, 0.3) is 0 Å². The van der Waals surface area contributed by atoms with Crippen molar-refractivity contribution >= 4 is 27.5 Å². The van der Waals surface area contributed by atoms with Crippen LogP contribution in [-0.4, -0.2) is 19.1 Å². The zero-order valence-corrected chi connectivity index (χ0v) is 15.6. The van der Waals surface area contributed by atoms with Gasteiger partial charge in [0.1, 0.15) is 24.7 Å². The van der Waals surface area contributed by atoms with E-state index >= 15 is 0 Å². The molecule has 0 heterocycles. The van der Waals surface area contributed by atoms with Crippen LogP contribution in [0.1, 0.15) is 10.4 Å². The lowest BCUT2D eigenvalue weighted by molar-refractivity contribution is 0.102. The topological polar surface area (TPSA) is 47.6 Å². The smallest absolute Gasteiger partial charge is 0.255 e. The van der Waals surface area contributed by atoms with E-state index in [-0.39, 0.29) is 5.91 Å². The van der Waals surface area contributed by atoms with E-state index in [4.69, 9.17) is 9.47 Å². The third kappa shape index (κ3) is 5.36. The van der Waals surface area contributed by atoms with E-state index in [9.17, 15) is 4.79 Å². The Bertz CT molecular complexity index is 833. The molecule has 0 fully saturated rings. The first-order chi connectivity index (χ1) is 12.7. The van der Waals surface area contributed by atoms with Crippen LogP contribution in [0.4, 0.5) is 5.69 Å². The van der Waals surface area contributed by atoms with Crippen LogP contribution in [0.2, 0.25) is 0 Å². The van der Waals surface area contributed by atoms with Crippen molar-refractivity contribution < 1.29 is 14.3 Å². The van der Waals surface area contributed by atoms with E-state index in [0.29, 0.717) is 24.5 Å². The third-order valence-electron chi connectivity index (χ3n) is 3.58. The van der Waals surface area contributed by atoms with E-state index in [0.717, 1.165) is 15.9 Å². The number of carbonyl (C=O) groups excluding carboxylic acids is 1. The number of benzene rings is 3. The number of anilines is 1. The van der Waals surface area contributed by atoms with Crippen molar-refractivity contribution in [3.63, 3.8) is 0 Å². The van der Waals surface area contributed by atoms with Crippen LogP contribution in [0, 0.1) is 0 Å².